The van der Waals surface area contributed by atoms with Gasteiger partial charge in [0.05, 0.1) is 6.54 Å². The summed E-state index contributed by atoms with van der Waals surface area (Å²) in [5.41, 5.74) is 1.47. The van der Waals surface area contributed by atoms with Crippen molar-refractivity contribution in [3.63, 3.8) is 0 Å². The summed E-state index contributed by atoms with van der Waals surface area (Å²) < 4.78 is 0. The van der Waals surface area contributed by atoms with Gasteiger partial charge in [0, 0.05) is 24.1 Å². The Balaban J connectivity index is 1.68. The summed E-state index contributed by atoms with van der Waals surface area (Å²) in [5, 5.41) is 13.0. The van der Waals surface area contributed by atoms with Crippen LogP contribution in [0.2, 0.25) is 0 Å². The zero-order valence-corrected chi connectivity index (χ0v) is 16.0. The van der Waals surface area contributed by atoms with Gasteiger partial charge in [0.1, 0.15) is 16.4 Å². The third-order valence-corrected chi connectivity index (χ3v) is 5.14. The largest absolute Gasteiger partial charge is 0.508 e. The summed E-state index contributed by atoms with van der Waals surface area (Å²) in [6.45, 7) is 0.156. The summed E-state index contributed by atoms with van der Waals surface area (Å²) in [6, 6.07) is 17.3. The number of nitrogens with zero attached hydrogens (tertiary/aromatic N) is 3. The van der Waals surface area contributed by atoms with Crippen molar-refractivity contribution in [2.24, 2.45) is 0 Å². The van der Waals surface area contributed by atoms with Crippen molar-refractivity contribution in [3.8, 4) is 5.75 Å². The van der Waals surface area contributed by atoms with Crippen molar-refractivity contribution < 1.29 is 14.7 Å². The van der Waals surface area contributed by atoms with Crippen LogP contribution in [-0.2, 0) is 16.1 Å². The van der Waals surface area contributed by atoms with Gasteiger partial charge in [0.15, 0.2) is 5.16 Å². The first-order valence-electron chi connectivity index (χ1n) is 8.77. The number of rotatable bonds is 6. The van der Waals surface area contributed by atoms with Crippen molar-refractivity contribution in [2.75, 3.05) is 5.32 Å². The summed E-state index contributed by atoms with van der Waals surface area (Å²) in [4.78, 5) is 35.8. The summed E-state index contributed by atoms with van der Waals surface area (Å²) in [6.07, 6.45) is 3.14. The zero-order chi connectivity index (χ0) is 20.2. The van der Waals surface area contributed by atoms with E-state index in [1.165, 1.54) is 17.0 Å². The Kier molecular flexibility index (Phi) is 5.26. The lowest BCUT2D eigenvalue weighted by Gasteiger charge is -2.15. The Labute approximate surface area is 171 Å². The Hall–Kier alpha value is -3.65. The predicted octanol–water partition coefficient (Wildman–Crippen LogP) is 3.17. The second-order valence-electron chi connectivity index (χ2n) is 6.19. The molecular weight excluding hydrogens is 388 g/mol. The lowest BCUT2D eigenvalue weighted by atomic mass is 10.2. The fourth-order valence-electron chi connectivity index (χ4n) is 2.83. The Morgan fingerprint density at radius 3 is 2.41 bits per heavy atom. The number of hydrogen-bond donors (Lipinski definition) is 2. The van der Waals surface area contributed by atoms with Crippen LogP contribution >= 0.6 is 11.8 Å². The fraction of sp³-hybridized carbons (Fsp3) is 0.0476. The second kappa shape index (κ2) is 8.15. The van der Waals surface area contributed by atoms with Gasteiger partial charge in [-0.15, -0.1) is 0 Å². The van der Waals surface area contributed by atoms with Crippen LogP contribution in [0.4, 0.5) is 5.69 Å². The van der Waals surface area contributed by atoms with Crippen molar-refractivity contribution in [1.82, 2.24) is 14.9 Å². The highest BCUT2D eigenvalue weighted by molar-refractivity contribution is 8.04. The van der Waals surface area contributed by atoms with Gasteiger partial charge in [-0.1, -0.05) is 36.4 Å². The number of aromatic hydroxyl groups is 1. The molecule has 0 bridgehead atoms. The quantitative estimate of drug-likeness (QED) is 0.481. The number of thioether (sulfide) groups is 1. The molecule has 4 rings (SSSR count). The third kappa shape index (κ3) is 4.12. The first kappa shape index (κ1) is 18.7. The SMILES string of the molecule is O=C1C(Nc2cccc(O)c2)=C(Sc2ncccn2)C(=O)N1Cc1ccccc1. The lowest BCUT2D eigenvalue weighted by Crippen LogP contribution is -2.31. The molecule has 0 saturated carbocycles. The number of aromatic nitrogens is 2. The number of anilines is 1. The Bertz CT molecular complexity index is 1090. The average molecular weight is 404 g/mol. The van der Waals surface area contributed by atoms with Gasteiger partial charge < -0.3 is 10.4 Å². The normalized spacial score (nSPS) is 13.9. The highest BCUT2D eigenvalue weighted by Gasteiger charge is 2.39. The van der Waals surface area contributed by atoms with Gasteiger partial charge in [0.2, 0.25) is 0 Å². The number of carbonyl (C=O) groups excluding carboxylic acids is 2. The smallest absolute Gasteiger partial charge is 0.278 e. The topological polar surface area (TPSA) is 95.4 Å². The molecule has 8 heteroatoms. The van der Waals surface area contributed by atoms with Crippen LogP contribution < -0.4 is 5.32 Å². The molecule has 1 aliphatic rings. The minimum absolute atomic E-state index is 0.0501. The van der Waals surface area contributed by atoms with E-state index in [0.29, 0.717) is 10.8 Å². The number of hydrogen-bond acceptors (Lipinski definition) is 7. The van der Waals surface area contributed by atoms with Crippen LogP contribution in [0.15, 0.2) is 88.8 Å². The Morgan fingerprint density at radius 1 is 0.931 bits per heavy atom. The van der Waals surface area contributed by atoms with E-state index in [1.807, 2.05) is 30.3 Å². The molecule has 3 aromatic rings. The van der Waals surface area contributed by atoms with Crippen molar-refractivity contribution in [3.05, 3.63) is 89.2 Å². The van der Waals surface area contributed by atoms with Crippen LogP contribution in [0.25, 0.3) is 0 Å². The van der Waals surface area contributed by atoms with E-state index in [4.69, 9.17) is 0 Å². The lowest BCUT2D eigenvalue weighted by molar-refractivity contribution is -0.137. The molecule has 2 N–H and O–H groups in total. The van der Waals surface area contributed by atoms with E-state index in [9.17, 15) is 14.7 Å². The average Bonchev–Trinajstić information content (AvgIpc) is 2.94. The molecule has 29 heavy (non-hydrogen) atoms. The first-order valence-corrected chi connectivity index (χ1v) is 9.59. The second-order valence-corrected chi connectivity index (χ2v) is 7.17. The zero-order valence-electron chi connectivity index (χ0n) is 15.1. The predicted molar refractivity (Wildman–Crippen MR) is 109 cm³/mol. The third-order valence-electron chi connectivity index (χ3n) is 4.16. The van der Waals surface area contributed by atoms with Crippen LogP contribution in [-0.4, -0.2) is 31.8 Å². The molecule has 1 aromatic heterocycles. The monoisotopic (exact) mass is 404 g/mol. The number of carbonyl (C=O) groups is 2. The van der Waals surface area contributed by atoms with Crippen molar-refractivity contribution >= 4 is 29.3 Å². The minimum atomic E-state index is -0.444. The van der Waals surface area contributed by atoms with Gasteiger partial charge in [-0.3, -0.25) is 14.5 Å². The van der Waals surface area contributed by atoms with Crippen LogP contribution in [0.1, 0.15) is 5.56 Å². The molecule has 144 valence electrons. The molecule has 0 unspecified atom stereocenters. The number of imide groups is 1. The van der Waals surface area contributed by atoms with Gasteiger partial charge in [0.25, 0.3) is 11.8 Å². The van der Waals surface area contributed by atoms with E-state index >= 15 is 0 Å². The molecule has 1 aliphatic heterocycles. The van der Waals surface area contributed by atoms with Crippen LogP contribution in [0.3, 0.4) is 0 Å². The first-order chi connectivity index (χ1) is 14.1. The maximum Gasteiger partial charge on any atom is 0.278 e. The number of phenols is 1. The van der Waals surface area contributed by atoms with Gasteiger partial charge in [-0.25, -0.2) is 9.97 Å². The highest BCUT2D eigenvalue weighted by atomic mass is 32.2. The highest BCUT2D eigenvalue weighted by Crippen LogP contribution is 2.35. The van der Waals surface area contributed by atoms with Crippen LogP contribution in [0.5, 0.6) is 5.75 Å². The summed E-state index contributed by atoms with van der Waals surface area (Å²) in [5.74, 6) is -0.811. The molecule has 0 aliphatic carbocycles. The van der Waals surface area contributed by atoms with E-state index < -0.39 is 11.8 Å². The number of phenolic OH excluding ortho intramolecular Hbond substituents is 1. The van der Waals surface area contributed by atoms with Gasteiger partial charge in [-0.05, 0) is 35.5 Å². The molecule has 0 fully saturated rings. The van der Waals surface area contributed by atoms with Crippen LogP contribution in [0, 0.1) is 0 Å². The Morgan fingerprint density at radius 2 is 1.69 bits per heavy atom. The van der Waals surface area contributed by atoms with E-state index in [0.717, 1.165) is 17.3 Å². The number of nitrogens with one attached hydrogen (secondary N) is 1. The van der Waals surface area contributed by atoms with E-state index in [-0.39, 0.29) is 22.9 Å². The maximum absolute atomic E-state index is 13.1. The standard InChI is InChI=1S/C21H16N4O3S/c26-16-9-4-8-15(12-16)24-17-18(29-21-22-10-5-11-23-21)20(28)25(19(17)27)13-14-6-2-1-3-7-14/h1-12,24,26H,13H2. The van der Waals surface area contributed by atoms with E-state index in [2.05, 4.69) is 15.3 Å². The molecule has 2 heterocycles. The minimum Gasteiger partial charge on any atom is -0.508 e. The molecule has 0 atom stereocenters. The molecule has 0 saturated heterocycles. The molecule has 2 aromatic carbocycles. The van der Waals surface area contributed by atoms with Crippen molar-refractivity contribution in [2.45, 2.75) is 11.7 Å². The molecule has 0 radical (unpaired) electrons. The molecule has 0 spiro atoms. The van der Waals surface area contributed by atoms with Gasteiger partial charge >= 0.3 is 0 Å². The molecule has 2 amide bonds. The van der Waals surface area contributed by atoms with Gasteiger partial charge in [-0.2, -0.15) is 0 Å². The van der Waals surface area contributed by atoms with Crippen molar-refractivity contribution in [1.29, 1.82) is 0 Å². The van der Waals surface area contributed by atoms with E-state index in [1.54, 1.807) is 30.6 Å². The molecular formula is C21H16N4O3S. The number of benzene rings is 2. The summed E-state index contributed by atoms with van der Waals surface area (Å²) >= 11 is 1.03. The fourth-order valence-corrected chi connectivity index (χ4v) is 3.67. The summed E-state index contributed by atoms with van der Waals surface area (Å²) in [7, 11) is 0. The maximum atomic E-state index is 13.1. The number of amides is 2. The molecule has 7 nitrogen and oxygen atoms in total.